The summed E-state index contributed by atoms with van der Waals surface area (Å²) >= 11 is 0. The van der Waals surface area contributed by atoms with Crippen LogP contribution in [0.25, 0.3) is 17.0 Å². The van der Waals surface area contributed by atoms with Crippen molar-refractivity contribution < 1.29 is 22.8 Å². The number of halogens is 2. The number of rotatable bonds is 4. The Kier molecular flexibility index (Phi) is 4.21. The molecule has 1 aromatic carbocycles. The van der Waals surface area contributed by atoms with Crippen LogP contribution in [-0.2, 0) is 11.8 Å². The number of aryl methyl sites for hydroxylation is 1. The van der Waals surface area contributed by atoms with Gasteiger partial charge in [-0.25, -0.2) is 13.3 Å². The van der Waals surface area contributed by atoms with Gasteiger partial charge < -0.3 is 9.47 Å². The zero-order valence-electron chi connectivity index (χ0n) is 12.1. The van der Waals surface area contributed by atoms with Crippen molar-refractivity contribution in [1.29, 1.82) is 0 Å². The summed E-state index contributed by atoms with van der Waals surface area (Å²) in [4.78, 5) is 0. The highest BCUT2D eigenvalue weighted by Gasteiger charge is 2.23. The molecule has 5 heteroatoms. The van der Waals surface area contributed by atoms with Crippen molar-refractivity contribution in [1.82, 2.24) is 0 Å². The van der Waals surface area contributed by atoms with Gasteiger partial charge in [-0.15, -0.1) is 0 Å². The van der Waals surface area contributed by atoms with E-state index in [0.717, 1.165) is 6.07 Å². The molecule has 0 unspecified atom stereocenters. The maximum absolute atomic E-state index is 14.3. The SMILES string of the molecule is C=C(OC)c1cc(F)cc(F)c1-c1cc(OC)cc[n+]1C. The Morgan fingerprint density at radius 3 is 2.52 bits per heavy atom. The van der Waals surface area contributed by atoms with Gasteiger partial charge in [0.25, 0.3) is 0 Å². The number of hydrogen-bond acceptors (Lipinski definition) is 2. The van der Waals surface area contributed by atoms with Gasteiger partial charge in [-0.1, -0.05) is 6.58 Å². The Morgan fingerprint density at radius 1 is 1.19 bits per heavy atom. The summed E-state index contributed by atoms with van der Waals surface area (Å²) in [6.07, 6.45) is 1.73. The zero-order chi connectivity index (χ0) is 15.6. The largest absolute Gasteiger partial charge is 0.497 e. The second-order valence-corrected chi connectivity index (χ2v) is 4.50. The first-order valence-electron chi connectivity index (χ1n) is 6.24. The summed E-state index contributed by atoms with van der Waals surface area (Å²) in [5.74, 6) is -0.617. The lowest BCUT2D eigenvalue weighted by molar-refractivity contribution is -0.660. The molecule has 1 aromatic heterocycles. The molecule has 0 N–H and O–H groups in total. The maximum atomic E-state index is 14.3. The van der Waals surface area contributed by atoms with Crippen LogP contribution in [0.4, 0.5) is 8.78 Å². The first-order chi connectivity index (χ1) is 9.97. The molecule has 1 heterocycles. The first-order valence-corrected chi connectivity index (χ1v) is 6.24. The maximum Gasteiger partial charge on any atom is 0.219 e. The van der Waals surface area contributed by atoms with Crippen molar-refractivity contribution in [3.8, 4) is 17.0 Å². The lowest BCUT2D eigenvalue weighted by Gasteiger charge is -2.12. The summed E-state index contributed by atoms with van der Waals surface area (Å²) in [7, 11) is 4.69. The van der Waals surface area contributed by atoms with Crippen LogP contribution in [0.3, 0.4) is 0 Å². The molecule has 0 radical (unpaired) electrons. The summed E-state index contributed by atoms with van der Waals surface area (Å²) in [5, 5.41) is 0. The summed E-state index contributed by atoms with van der Waals surface area (Å²) in [5.41, 5.74) is 1.00. The summed E-state index contributed by atoms with van der Waals surface area (Å²) in [6, 6.07) is 5.45. The Balaban J connectivity index is 2.76. The number of methoxy groups -OCH3 is 2. The topological polar surface area (TPSA) is 22.3 Å². The highest BCUT2D eigenvalue weighted by Crippen LogP contribution is 2.31. The van der Waals surface area contributed by atoms with Gasteiger partial charge in [0.1, 0.15) is 30.2 Å². The molecule has 0 saturated carbocycles. The summed E-state index contributed by atoms with van der Waals surface area (Å²) in [6.45, 7) is 3.69. The van der Waals surface area contributed by atoms with E-state index in [-0.39, 0.29) is 16.9 Å². The first kappa shape index (κ1) is 15.0. The van der Waals surface area contributed by atoms with E-state index in [1.807, 2.05) is 0 Å². The van der Waals surface area contributed by atoms with Crippen LogP contribution in [0, 0.1) is 11.6 Å². The molecule has 0 fully saturated rings. The average Bonchev–Trinajstić information content (AvgIpc) is 2.47. The number of nitrogens with zero attached hydrogens (tertiary/aromatic N) is 1. The van der Waals surface area contributed by atoms with Crippen LogP contribution in [0.15, 0.2) is 37.0 Å². The molecule has 0 saturated heterocycles. The molecule has 0 atom stereocenters. The Hall–Kier alpha value is -2.43. The fraction of sp³-hybridized carbons (Fsp3) is 0.188. The third kappa shape index (κ3) is 2.86. The van der Waals surface area contributed by atoms with Crippen LogP contribution < -0.4 is 9.30 Å². The van der Waals surface area contributed by atoms with Crippen molar-refractivity contribution in [3.05, 3.63) is 54.2 Å². The fourth-order valence-electron chi connectivity index (χ4n) is 2.09. The van der Waals surface area contributed by atoms with Gasteiger partial charge in [-0.2, -0.15) is 0 Å². The van der Waals surface area contributed by atoms with Gasteiger partial charge in [0.05, 0.1) is 25.8 Å². The number of aromatic nitrogens is 1. The number of hydrogen-bond donors (Lipinski definition) is 0. The van der Waals surface area contributed by atoms with E-state index < -0.39 is 11.6 Å². The molecule has 0 spiro atoms. The third-order valence-corrected chi connectivity index (χ3v) is 3.22. The monoisotopic (exact) mass is 292 g/mol. The highest BCUT2D eigenvalue weighted by atomic mass is 19.1. The van der Waals surface area contributed by atoms with Gasteiger partial charge in [0, 0.05) is 17.7 Å². The van der Waals surface area contributed by atoms with Gasteiger partial charge in [0.2, 0.25) is 5.69 Å². The van der Waals surface area contributed by atoms with Crippen molar-refractivity contribution in [2.75, 3.05) is 14.2 Å². The van der Waals surface area contributed by atoms with E-state index in [2.05, 4.69) is 6.58 Å². The minimum absolute atomic E-state index is 0.186. The highest BCUT2D eigenvalue weighted by molar-refractivity contribution is 5.76. The van der Waals surface area contributed by atoms with E-state index in [1.165, 1.54) is 20.3 Å². The Bertz CT molecular complexity index is 699. The van der Waals surface area contributed by atoms with Gasteiger partial charge in [0.15, 0.2) is 6.20 Å². The molecule has 3 nitrogen and oxygen atoms in total. The molecule has 0 aliphatic carbocycles. The third-order valence-electron chi connectivity index (χ3n) is 3.22. The molecule has 0 aliphatic rings. The average molecular weight is 292 g/mol. The van der Waals surface area contributed by atoms with E-state index in [1.54, 1.807) is 29.9 Å². The van der Waals surface area contributed by atoms with Gasteiger partial charge in [-0.3, -0.25) is 0 Å². The minimum atomic E-state index is -0.688. The number of benzene rings is 1. The standard InChI is InChI=1S/C16H16F2NO2/c1-10(20-3)13-7-11(17)8-14(18)16(13)15-9-12(21-4)5-6-19(15)2/h5-9H,1H2,2-4H3/q+1. The molecule has 2 aromatic rings. The van der Waals surface area contributed by atoms with Crippen LogP contribution in [0.5, 0.6) is 5.75 Å². The molecule has 0 amide bonds. The predicted molar refractivity (Wildman–Crippen MR) is 75.6 cm³/mol. The number of pyridine rings is 1. The molecular weight excluding hydrogens is 276 g/mol. The molecule has 110 valence electrons. The molecule has 21 heavy (non-hydrogen) atoms. The smallest absolute Gasteiger partial charge is 0.219 e. The van der Waals surface area contributed by atoms with Crippen molar-refractivity contribution in [2.24, 2.45) is 7.05 Å². The van der Waals surface area contributed by atoms with Crippen molar-refractivity contribution in [3.63, 3.8) is 0 Å². The van der Waals surface area contributed by atoms with E-state index in [0.29, 0.717) is 11.4 Å². The minimum Gasteiger partial charge on any atom is -0.497 e. The molecule has 0 bridgehead atoms. The van der Waals surface area contributed by atoms with Crippen LogP contribution >= 0.6 is 0 Å². The lowest BCUT2D eigenvalue weighted by atomic mass is 10.0. The van der Waals surface area contributed by atoms with Crippen molar-refractivity contribution in [2.45, 2.75) is 0 Å². The predicted octanol–water partition coefficient (Wildman–Crippen LogP) is 3.08. The van der Waals surface area contributed by atoms with E-state index >= 15 is 0 Å². The van der Waals surface area contributed by atoms with Gasteiger partial charge in [-0.05, 0) is 6.07 Å². The normalized spacial score (nSPS) is 10.3. The fourth-order valence-corrected chi connectivity index (χ4v) is 2.09. The van der Waals surface area contributed by atoms with E-state index in [9.17, 15) is 8.78 Å². The molecular formula is C16H16F2NO2+. The second-order valence-electron chi connectivity index (χ2n) is 4.50. The molecule has 2 rings (SSSR count). The van der Waals surface area contributed by atoms with Crippen LogP contribution in [0.2, 0.25) is 0 Å². The Labute approximate surface area is 122 Å². The van der Waals surface area contributed by atoms with Crippen LogP contribution in [-0.4, -0.2) is 14.2 Å². The molecule has 0 aliphatic heterocycles. The van der Waals surface area contributed by atoms with Crippen molar-refractivity contribution >= 4 is 5.76 Å². The zero-order valence-corrected chi connectivity index (χ0v) is 12.1. The quantitative estimate of drug-likeness (QED) is 0.638. The number of ether oxygens (including phenoxy) is 2. The Morgan fingerprint density at radius 2 is 1.90 bits per heavy atom. The lowest BCUT2D eigenvalue weighted by Crippen LogP contribution is -2.31. The second kappa shape index (κ2) is 5.91. The van der Waals surface area contributed by atoms with E-state index in [4.69, 9.17) is 9.47 Å². The summed E-state index contributed by atoms with van der Waals surface area (Å²) < 4.78 is 39.7. The van der Waals surface area contributed by atoms with Crippen LogP contribution in [0.1, 0.15) is 5.56 Å². The van der Waals surface area contributed by atoms with Gasteiger partial charge >= 0.3 is 0 Å².